The molecule has 7 heteroatoms. The van der Waals surface area contributed by atoms with E-state index in [1.807, 2.05) is 7.05 Å². The minimum Gasteiger partial charge on any atom is -0.375 e. The number of morpholine rings is 1. The number of halogens is 1. The highest BCUT2D eigenvalue weighted by Gasteiger charge is 2.32. The molecule has 0 aromatic carbocycles. The van der Waals surface area contributed by atoms with Crippen LogP contribution in [0.2, 0.25) is 0 Å². The molecule has 0 radical (unpaired) electrons. The molecule has 3 unspecified atom stereocenters. The smallest absolute Gasteiger partial charge is 0.193 e. The van der Waals surface area contributed by atoms with Gasteiger partial charge in [-0.25, -0.2) is 0 Å². The molecule has 0 bridgehead atoms. The second-order valence-corrected chi connectivity index (χ2v) is 8.37. The standard InChI is InChI=1S/C20H38N4O2.HI/c1-16(2)14-23-9-5-4-7-17(23)13-22-20(21-3)24-10-12-26-19(15-24)18-8-6-11-25-18;/h16-19H,4-15H2,1-3H3,(H,21,22);1H. The van der Waals surface area contributed by atoms with Crippen molar-refractivity contribution < 1.29 is 9.47 Å². The molecular formula is C20H39IN4O2. The Kier molecular flexibility index (Phi) is 10.1. The summed E-state index contributed by atoms with van der Waals surface area (Å²) in [6.07, 6.45) is 6.69. The van der Waals surface area contributed by atoms with Crippen LogP contribution in [0.3, 0.4) is 0 Å². The molecule has 6 nitrogen and oxygen atoms in total. The Balaban J connectivity index is 0.00000261. The van der Waals surface area contributed by atoms with Crippen LogP contribution in [0.15, 0.2) is 4.99 Å². The molecule has 0 saturated carbocycles. The first-order valence-electron chi connectivity index (χ1n) is 10.6. The van der Waals surface area contributed by atoms with Crippen LogP contribution in [0.4, 0.5) is 0 Å². The van der Waals surface area contributed by atoms with Gasteiger partial charge < -0.3 is 19.7 Å². The van der Waals surface area contributed by atoms with Crippen LogP contribution < -0.4 is 5.32 Å². The number of likely N-dealkylation sites (tertiary alicyclic amines) is 1. The largest absolute Gasteiger partial charge is 0.375 e. The van der Waals surface area contributed by atoms with Crippen molar-refractivity contribution >= 4 is 29.9 Å². The van der Waals surface area contributed by atoms with Gasteiger partial charge in [-0.1, -0.05) is 20.3 Å². The van der Waals surface area contributed by atoms with Gasteiger partial charge in [-0.3, -0.25) is 9.89 Å². The van der Waals surface area contributed by atoms with Crippen LogP contribution in [0.5, 0.6) is 0 Å². The van der Waals surface area contributed by atoms with Crippen molar-refractivity contribution in [3.8, 4) is 0 Å². The van der Waals surface area contributed by atoms with Gasteiger partial charge in [-0.05, 0) is 38.1 Å². The van der Waals surface area contributed by atoms with E-state index in [1.165, 1.54) is 32.4 Å². The lowest BCUT2D eigenvalue weighted by Crippen LogP contribution is -2.55. The van der Waals surface area contributed by atoms with Gasteiger partial charge in [0.25, 0.3) is 0 Å². The lowest BCUT2D eigenvalue weighted by atomic mass is 10.0. The molecule has 0 aromatic heterocycles. The predicted octanol–water partition coefficient (Wildman–Crippen LogP) is 2.57. The maximum Gasteiger partial charge on any atom is 0.193 e. The molecule has 3 rings (SSSR count). The second kappa shape index (κ2) is 11.8. The number of hydrogen-bond acceptors (Lipinski definition) is 4. The van der Waals surface area contributed by atoms with Crippen LogP contribution in [-0.2, 0) is 9.47 Å². The normalized spacial score (nSPS) is 30.4. The summed E-state index contributed by atoms with van der Waals surface area (Å²) in [5.74, 6) is 1.74. The molecule has 0 aromatic rings. The van der Waals surface area contributed by atoms with E-state index in [0.717, 1.165) is 57.6 Å². The average molecular weight is 494 g/mol. The van der Waals surface area contributed by atoms with Crippen LogP contribution in [0.25, 0.3) is 0 Å². The number of rotatable bonds is 5. The predicted molar refractivity (Wildman–Crippen MR) is 121 cm³/mol. The van der Waals surface area contributed by atoms with Crippen LogP contribution >= 0.6 is 24.0 Å². The first-order chi connectivity index (χ1) is 12.7. The van der Waals surface area contributed by atoms with Gasteiger partial charge in [-0.15, -0.1) is 24.0 Å². The van der Waals surface area contributed by atoms with Gasteiger partial charge in [0.2, 0.25) is 0 Å². The van der Waals surface area contributed by atoms with E-state index < -0.39 is 0 Å². The van der Waals surface area contributed by atoms with Gasteiger partial charge in [0.05, 0.1) is 12.7 Å². The minimum atomic E-state index is 0. The Morgan fingerprint density at radius 1 is 1.07 bits per heavy atom. The monoisotopic (exact) mass is 494 g/mol. The van der Waals surface area contributed by atoms with E-state index in [2.05, 4.69) is 34.0 Å². The fourth-order valence-corrected chi connectivity index (χ4v) is 4.53. The summed E-state index contributed by atoms with van der Waals surface area (Å²) in [5, 5.41) is 3.66. The lowest BCUT2D eigenvalue weighted by Gasteiger charge is -2.39. The molecule has 27 heavy (non-hydrogen) atoms. The quantitative estimate of drug-likeness (QED) is 0.362. The molecule has 158 valence electrons. The summed E-state index contributed by atoms with van der Waals surface area (Å²) in [6, 6.07) is 0.623. The molecule has 3 aliphatic rings. The molecular weight excluding hydrogens is 455 g/mol. The topological polar surface area (TPSA) is 49.3 Å². The number of nitrogens with zero attached hydrogens (tertiary/aromatic N) is 3. The third-order valence-corrected chi connectivity index (χ3v) is 5.83. The first kappa shape index (κ1) is 23.2. The van der Waals surface area contributed by atoms with Crippen LogP contribution in [0, 0.1) is 5.92 Å². The summed E-state index contributed by atoms with van der Waals surface area (Å²) < 4.78 is 11.8. The number of aliphatic imine (C=N–C) groups is 1. The zero-order valence-corrected chi connectivity index (χ0v) is 19.7. The third-order valence-electron chi connectivity index (χ3n) is 5.83. The van der Waals surface area contributed by atoms with Crippen molar-refractivity contribution in [2.24, 2.45) is 10.9 Å². The number of ether oxygens (including phenoxy) is 2. The van der Waals surface area contributed by atoms with Crippen molar-refractivity contribution in [3.05, 3.63) is 0 Å². The van der Waals surface area contributed by atoms with E-state index in [4.69, 9.17) is 9.47 Å². The SMILES string of the molecule is CN=C(NCC1CCCCN1CC(C)C)N1CCOC(C2CCCO2)C1.I. The van der Waals surface area contributed by atoms with Gasteiger partial charge >= 0.3 is 0 Å². The molecule has 3 heterocycles. The Labute approximate surface area is 182 Å². The molecule has 3 fully saturated rings. The summed E-state index contributed by atoms with van der Waals surface area (Å²) in [4.78, 5) is 9.58. The van der Waals surface area contributed by atoms with Gasteiger partial charge in [0, 0.05) is 45.9 Å². The first-order valence-corrected chi connectivity index (χ1v) is 10.6. The Bertz CT molecular complexity index is 457. The molecule has 1 N–H and O–H groups in total. The number of hydrogen-bond donors (Lipinski definition) is 1. The van der Waals surface area contributed by atoms with E-state index in [-0.39, 0.29) is 36.2 Å². The maximum absolute atomic E-state index is 5.98. The highest BCUT2D eigenvalue weighted by Crippen LogP contribution is 2.21. The Hall–Kier alpha value is -0.120. The summed E-state index contributed by atoms with van der Waals surface area (Å²) in [6.45, 7) is 11.5. The van der Waals surface area contributed by atoms with Gasteiger partial charge in [0.15, 0.2) is 5.96 Å². The van der Waals surface area contributed by atoms with Crippen molar-refractivity contribution in [1.29, 1.82) is 0 Å². The van der Waals surface area contributed by atoms with Crippen molar-refractivity contribution in [2.75, 3.05) is 53.0 Å². The van der Waals surface area contributed by atoms with E-state index >= 15 is 0 Å². The fourth-order valence-electron chi connectivity index (χ4n) is 4.53. The van der Waals surface area contributed by atoms with Crippen molar-refractivity contribution in [2.45, 2.75) is 64.2 Å². The fraction of sp³-hybridized carbons (Fsp3) is 0.950. The van der Waals surface area contributed by atoms with Crippen molar-refractivity contribution in [1.82, 2.24) is 15.1 Å². The summed E-state index contributed by atoms with van der Waals surface area (Å²) >= 11 is 0. The zero-order valence-electron chi connectivity index (χ0n) is 17.4. The minimum absolute atomic E-state index is 0. The molecule has 0 aliphatic carbocycles. The summed E-state index contributed by atoms with van der Waals surface area (Å²) in [7, 11) is 1.89. The highest BCUT2D eigenvalue weighted by atomic mass is 127. The lowest BCUT2D eigenvalue weighted by molar-refractivity contribution is -0.0817. The molecule has 3 aliphatic heterocycles. The van der Waals surface area contributed by atoms with Crippen molar-refractivity contribution in [3.63, 3.8) is 0 Å². The molecule has 0 amide bonds. The zero-order chi connectivity index (χ0) is 18.4. The maximum atomic E-state index is 5.98. The number of nitrogens with one attached hydrogen (secondary N) is 1. The van der Waals surface area contributed by atoms with Gasteiger partial charge in [0.1, 0.15) is 6.10 Å². The molecule has 0 spiro atoms. The summed E-state index contributed by atoms with van der Waals surface area (Å²) in [5.41, 5.74) is 0. The third kappa shape index (κ3) is 6.72. The van der Waals surface area contributed by atoms with E-state index in [1.54, 1.807) is 0 Å². The number of guanidine groups is 1. The van der Waals surface area contributed by atoms with E-state index in [9.17, 15) is 0 Å². The van der Waals surface area contributed by atoms with Crippen LogP contribution in [0.1, 0.15) is 46.0 Å². The highest BCUT2D eigenvalue weighted by molar-refractivity contribution is 14.0. The Morgan fingerprint density at radius 2 is 1.89 bits per heavy atom. The Morgan fingerprint density at radius 3 is 2.59 bits per heavy atom. The number of piperidine rings is 1. The second-order valence-electron chi connectivity index (χ2n) is 8.37. The van der Waals surface area contributed by atoms with E-state index in [0.29, 0.717) is 6.04 Å². The van der Waals surface area contributed by atoms with Gasteiger partial charge in [-0.2, -0.15) is 0 Å². The van der Waals surface area contributed by atoms with Crippen LogP contribution in [-0.4, -0.2) is 87.0 Å². The molecule has 3 atom stereocenters. The average Bonchev–Trinajstić information content (AvgIpc) is 3.18. The molecule has 3 saturated heterocycles.